The summed E-state index contributed by atoms with van der Waals surface area (Å²) in [7, 11) is 0. The van der Waals surface area contributed by atoms with Gasteiger partial charge in [-0.2, -0.15) is 0 Å². The lowest BCUT2D eigenvalue weighted by atomic mass is 9.89. The number of rotatable bonds is 6. The van der Waals surface area contributed by atoms with Gasteiger partial charge in [-0.1, -0.05) is 31.0 Å². The van der Waals surface area contributed by atoms with Crippen molar-refractivity contribution in [3.8, 4) is 0 Å². The van der Waals surface area contributed by atoms with Crippen molar-refractivity contribution >= 4 is 11.6 Å². The maximum Gasteiger partial charge on any atom is 0.142 e. The van der Waals surface area contributed by atoms with Crippen molar-refractivity contribution in [3.05, 3.63) is 34.6 Å². The minimum Gasteiger partial charge on any atom is -0.316 e. The lowest BCUT2D eigenvalue weighted by Gasteiger charge is -2.20. The van der Waals surface area contributed by atoms with E-state index in [0.29, 0.717) is 5.92 Å². The maximum absolute atomic E-state index is 13.5. The van der Waals surface area contributed by atoms with E-state index in [1.165, 1.54) is 25.7 Å². The summed E-state index contributed by atoms with van der Waals surface area (Å²) in [6.45, 7) is 4.39. The molecule has 1 fully saturated rings. The predicted octanol–water partition coefficient (Wildman–Crippen LogP) is 4.44. The van der Waals surface area contributed by atoms with Gasteiger partial charge in [-0.25, -0.2) is 4.39 Å². The van der Waals surface area contributed by atoms with Crippen LogP contribution in [0.1, 0.15) is 38.2 Å². The van der Waals surface area contributed by atoms with Crippen molar-refractivity contribution in [1.82, 2.24) is 5.32 Å². The highest BCUT2D eigenvalue weighted by Crippen LogP contribution is 2.34. The molecule has 1 aliphatic carbocycles. The molecule has 0 aliphatic heterocycles. The van der Waals surface area contributed by atoms with Gasteiger partial charge in [0.15, 0.2) is 0 Å². The average molecular weight is 284 g/mol. The van der Waals surface area contributed by atoms with Gasteiger partial charge in [0.2, 0.25) is 0 Å². The zero-order chi connectivity index (χ0) is 13.7. The Kier molecular flexibility index (Phi) is 5.65. The normalized spacial score (nSPS) is 22.9. The van der Waals surface area contributed by atoms with E-state index in [4.69, 9.17) is 11.6 Å². The van der Waals surface area contributed by atoms with E-state index in [9.17, 15) is 4.39 Å². The molecule has 2 atom stereocenters. The quantitative estimate of drug-likeness (QED) is 0.761. The molecule has 1 nitrogen and oxygen atoms in total. The van der Waals surface area contributed by atoms with Gasteiger partial charge in [0.25, 0.3) is 0 Å². The molecular weight excluding hydrogens is 261 g/mol. The van der Waals surface area contributed by atoms with E-state index >= 15 is 0 Å². The fourth-order valence-corrected chi connectivity index (χ4v) is 3.20. The lowest BCUT2D eigenvalue weighted by Crippen LogP contribution is -2.26. The molecule has 1 saturated carbocycles. The van der Waals surface area contributed by atoms with E-state index in [0.717, 1.165) is 31.0 Å². The topological polar surface area (TPSA) is 12.0 Å². The Hall–Kier alpha value is -0.600. The largest absolute Gasteiger partial charge is 0.316 e. The predicted molar refractivity (Wildman–Crippen MR) is 79.1 cm³/mol. The molecule has 19 heavy (non-hydrogen) atoms. The van der Waals surface area contributed by atoms with E-state index in [1.807, 2.05) is 6.07 Å². The van der Waals surface area contributed by atoms with Gasteiger partial charge in [0, 0.05) is 0 Å². The summed E-state index contributed by atoms with van der Waals surface area (Å²) in [6, 6.07) is 5.23. The average Bonchev–Trinajstić information content (AvgIpc) is 2.82. The van der Waals surface area contributed by atoms with Crippen LogP contribution in [-0.4, -0.2) is 13.1 Å². The highest BCUT2D eigenvalue weighted by atomic mass is 35.5. The summed E-state index contributed by atoms with van der Waals surface area (Å²) in [4.78, 5) is 0. The third-order valence-electron chi connectivity index (χ3n) is 4.13. The van der Waals surface area contributed by atoms with Crippen molar-refractivity contribution in [2.45, 2.75) is 39.0 Å². The van der Waals surface area contributed by atoms with Gasteiger partial charge in [0.1, 0.15) is 5.82 Å². The molecule has 2 rings (SSSR count). The molecule has 106 valence electrons. The van der Waals surface area contributed by atoms with Crippen LogP contribution in [0.15, 0.2) is 18.2 Å². The van der Waals surface area contributed by atoms with Gasteiger partial charge < -0.3 is 5.32 Å². The molecular formula is C16H23ClFN. The SMILES string of the molecule is CCCNCC1CCCC1Cc1ccc(Cl)c(F)c1. The van der Waals surface area contributed by atoms with Gasteiger partial charge in [0.05, 0.1) is 5.02 Å². The van der Waals surface area contributed by atoms with Crippen molar-refractivity contribution in [2.75, 3.05) is 13.1 Å². The molecule has 0 radical (unpaired) electrons. The summed E-state index contributed by atoms with van der Waals surface area (Å²) in [5.74, 6) is 1.13. The molecule has 1 aromatic rings. The van der Waals surface area contributed by atoms with Gasteiger partial charge in [-0.3, -0.25) is 0 Å². The van der Waals surface area contributed by atoms with Crippen molar-refractivity contribution < 1.29 is 4.39 Å². The first kappa shape index (κ1) is 14.8. The minimum atomic E-state index is -0.294. The zero-order valence-corrected chi connectivity index (χ0v) is 12.3. The molecule has 0 saturated heterocycles. The van der Waals surface area contributed by atoms with Crippen LogP contribution in [0, 0.1) is 17.7 Å². The third kappa shape index (κ3) is 4.19. The maximum atomic E-state index is 13.5. The first-order valence-corrected chi connectivity index (χ1v) is 7.73. The van der Waals surface area contributed by atoms with Crippen LogP contribution in [0.25, 0.3) is 0 Å². The highest BCUT2D eigenvalue weighted by Gasteiger charge is 2.26. The molecule has 3 heteroatoms. The number of benzene rings is 1. The minimum absolute atomic E-state index is 0.219. The zero-order valence-electron chi connectivity index (χ0n) is 11.6. The summed E-state index contributed by atoms with van der Waals surface area (Å²) >= 11 is 5.73. The lowest BCUT2D eigenvalue weighted by molar-refractivity contribution is 0.365. The Bertz CT molecular complexity index is 408. The van der Waals surface area contributed by atoms with Gasteiger partial charge >= 0.3 is 0 Å². The molecule has 1 aliphatic rings. The molecule has 2 unspecified atom stereocenters. The Morgan fingerprint density at radius 3 is 2.84 bits per heavy atom. The number of hydrogen-bond acceptors (Lipinski definition) is 1. The molecule has 0 heterocycles. The molecule has 1 N–H and O–H groups in total. The Morgan fingerprint density at radius 1 is 1.32 bits per heavy atom. The van der Waals surface area contributed by atoms with Gasteiger partial charge in [-0.15, -0.1) is 0 Å². The second-order valence-electron chi connectivity index (χ2n) is 5.61. The first-order chi connectivity index (χ1) is 9.20. The van der Waals surface area contributed by atoms with Crippen LogP contribution >= 0.6 is 11.6 Å². The van der Waals surface area contributed by atoms with Crippen LogP contribution < -0.4 is 5.32 Å². The smallest absolute Gasteiger partial charge is 0.142 e. The highest BCUT2D eigenvalue weighted by molar-refractivity contribution is 6.30. The first-order valence-electron chi connectivity index (χ1n) is 7.35. The Balaban J connectivity index is 1.91. The fourth-order valence-electron chi connectivity index (χ4n) is 3.08. The van der Waals surface area contributed by atoms with E-state index in [2.05, 4.69) is 12.2 Å². The van der Waals surface area contributed by atoms with Crippen LogP contribution in [0.3, 0.4) is 0 Å². The van der Waals surface area contributed by atoms with Crippen LogP contribution in [0.5, 0.6) is 0 Å². The van der Waals surface area contributed by atoms with Gasteiger partial charge in [-0.05, 0) is 68.3 Å². The Morgan fingerprint density at radius 2 is 2.11 bits per heavy atom. The molecule has 0 aromatic heterocycles. The summed E-state index contributed by atoms with van der Waals surface area (Å²) in [6.07, 6.45) is 6.03. The number of hydrogen-bond donors (Lipinski definition) is 1. The van der Waals surface area contributed by atoms with Crippen LogP contribution in [0.4, 0.5) is 4.39 Å². The van der Waals surface area contributed by atoms with Crippen molar-refractivity contribution in [3.63, 3.8) is 0 Å². The monoisotopic (exact) mass is 283 g/mol. The van der Waals surface area contributed by atoms with Crippen molar-refractivity contribution in [1.29, 1.82) is 0 Å². The number of nitrogens with one attached hydrogen (secondary N) is 1. The van der Waals surface area contributed by atoms with E-state index < -0.39 is 0 Å². The van der Waals surface area contributed by atoms with Crippen LogP contribution in [-0.2, 0) is 6.42 Å². The summed E-state index contributed by atoms with van der Waals surface area (Å²) in [5.41, 5.74) is 1.08. The second kappa shape index (κ2) is 7.25. The fraction of sp³-hybridized carbons (Fsp3) is 0.625. The standard InChI is InChI=1S/C16H23ClFN/c1-2-8-19-11-14-5-3-4-13(14)9-12-6-7-15(17)16(18)10-12/h6-7,10,13-14,19H,2-5,8-9,11H2,1H3. The van der Waals surface area contributed by atoms with Crippen molar-refractivity contribution in [2.24, 2.45) is 11.8 Å². The third-order valence-corrected chi connectivity index (χ3v) is 4.44. The summed E-state index contributed by atoms with van der Waals surface area (Å²) < 4.78 is 13.5. The Labute approximate surface area is 120 Å². The second-order valence-corrected chi connectivity index (χ2v) is 6.01. The molecule has 1 aromatic carbocycles. The van der Waals surface area contributed by atoms with Crippen LogP contribution in [0.2, 0.25) is 5.02 Å². The molecule has 0 bridgehead atoms. The number of halogens is 2. The molecule has 0 spiro atoms. The summed E-state index contributed by atoms with van der Waals surface area (Å²) in [5, 5.41) is 3.74. The van der Waals surface area contributed by atoms with E-state index in [1.54, 1.807) is 12.1 Å². The molecule has 0 amide bonds. The van der Waals surface area contributed by atoms with E-state index in [-0.39, 0.29) is 10.8 Å².